The number of hydrogen-bond donors (Lipinski definition) is 0. The van der Waals surface area contributed by atoms with Crippen molar-refractivity contribution in [3.05, 3.63) is 106 Å². The molecule has 4 aromatic carbocycles. The van der Waals surface area contributed by atoms with Gasteiger partial charge in [-0.3, -0.25) is 0 Å². The number of rotatable bonds is 1. The zero-order valence-electron chi connectivity index (χ0n) is 19.9. The van der Waals surface area contributed by atoms with Crippen LogP contribution < -0.4 is 0 Å². The van der Waals surface area contributed by atoms with E-state index >= 15 is 0 Å². The highest BCUT2D eigenvalue weighted by atomic mass is 14.4. The summed E-state index contributed by atoms with van der Waals surface area (Å²) in [7, 11) is 0. The van der Waals surface area contributed by atoms with E-state index in [9.17, 15) is 0 Å². The fourth-order valence-corrected chi connectivity index (χ4v) is 6.29. The second-order valence-electron chi connectivity index (χ2n) is 10.8. The van der Waals surface area contributed by atoms with Crippen LogP contribution in [0.2, 0.25) is 0 Å². The molecule has 32 heavy (non-hydrogen) atoms. The SMILES string of the molecule is Cc1cc2c(cc1-c1cc3c(cc1C)-c1ccccc1C3(C)C)C(C)(C)c1ccccc1-2. The molecule has 2 aliphatic carbocycles. The lowest BCUT2D eigenvalue weighted by Gasteiger charge is -2.24. The lowest BCUT2D eigenvalue weighted by Crippen LogP contribution is -2.16. The van der Waals surface area contributed by atoms with Gasteiger partial charge in [0.15, 0.2) is 0 Å². The zero-order valence-corrected chi connectivity index (χ0v) is 19.9. The van der Waals surface area contributed by atoms with E-state index < -0.39 is 0 Å². The second kappa shape index (κ2) is 6.23. The first-order valence-electron chi connectivity index (χ1n) is 11.7. The van der Waals surface area contributed by atoms with Crippen molar-refractivity contribution in [3.8, 4) is 33.4 Å². The summed E-state index contributed by atoms with van der Waals surface area (Å²) in [6.07, 6.45) is 0. The summed E-state index contributed by atoms with van der Waals surface area (Å²) in [4.78, 5) is 0. The Bertz CT molecular complexity index is 1320. The summed E-state index contributed by atoms with van der Waals surface area (Å²) in [5.41, 5.74) is 16.9. The van der Waals surface area contributed by atoms with Crippen molar-refractivity contribution < 1.29 is 0 Å². The predicted octanol–water partition coefficient (Wildman–Crippen LogP) is 8.58. The van der Waals surface area contributed by atoms with Crippen molar-refractivity contribution in [2.45, 2.75) is 52.4 Å². The molecule has 0 N–H and O–H groups in total. The van der Waals surface area contributed by atoms with Gasteiger partial charge in [0.05, 0.1) is 0 Å². The van der Waals surface area contributed by atoms with Crippen molar-refractivity contribution in [2.75, 3.05) is 0 Å². The highest BCUT2D eigenvalue weighted by Crippen LogP contribution is 2.53. The maximum Gasteiger partial charge on any atom is 0.0159 e. The van der Waals surface area contributed by atoms with Crippen molar-refractivity contribution in [3.63, 3.8) is 0 Å². The lowest BCUT2D eigenvalue weighted by molar-refractivity contribution is 0.659. The van der Waals surface area contributed by atoms with Crippen molar-refractivity contribution in [1.82, 2.24) is 0 Å². The van der Waals surface area contributed by atoms with E-state index in [0.717, 1.165) is 0 Å². The van der Waals surface area contributed by atoms with E-state index in [4.69, 9.17) is 0 Å². The van der Waals surface area contributed by atoms with E-state index in [2.05, 4.69) is 114 Å². The van der Waals surface area contributed by atoms with Crippen LogP contribution in [0, 0.1) is 13.8 Å². The Morgan fingerprint density at radius 1 is 0.406 bits per heavy atom. The van der Waals surface area contributed by atoms with Gasteiger partial charge < -0.3 is 0 Å². The van der Waals surface area contributed by atoms with Gasteiger partial charge in [-0.15, -0.1) is 0 Å². The molecule has 6 rings (SSSR count). The maximum absolute atomic E-state index is 2.48. The maximum atomic E-state index is 2.48. The lowest BCUT2D eigenvalue weighted by atomic mass is 9.79. The first-order valence-corrected chi connectivity index (χ1v) is 11.7. The third kappa shape index (κ3) is 2.39. The minimum atomic E-state index is 0.0223. The molecule has 0 aromatic heterocycles. The van der Waals surface area contributed by atoms with Gasteiger partial charge in [0.1, 0.15) is 0 Å². The van der Waals surface area contributed by atoms with Crippen LogP contribution in [0.3, 0.4) is 0 Å². The molecule has 0 bridgehead atoms. The summed E-state index contributed by atoms with van der Waals surface area (Å²) < 4.78 is 0. The summed E-state index contributed by atoms with van der Waals surface area (Å²) in [5.74, 6) is 0. The molecule has 2 aliphatic rings. The molecular weight excluding hydrogens is 384 g/mol. The van der Waals surface area contributed by atoms with Crippen LogP contribution in [0.5, 0.6) is 0 Å². The van der Waals surface area contributed by atoms with Crippen LogP contribution in [0.25, 0.3) is 33.4 Å². The minimum Gasteiger partial charge on any atom is -0.0619 e. The molecule has 158 valence electrons. The van der Waals surface area contributed by atoms with Crippen LogP contribution >= 0.6 is 0 Å². The molecule has 4 aromatic rings. The smallest absolute Gasteiger partial charge is 0.0159 e. The first-order chi connectivity index (χ1) is 15.2. The average molecular weight is 415 g/mol. The van der Waals surface area contributed by atoms with Gasteiger partial charge in [0.25, 0.3) is 0 Å². The van der Waals surface area contributed by atoms with Crippen LogP contribution in [0.1, 0.15) is 61.1 Å². The summed E-state index contributed by atoms with van der Waals surface area (Å²) in [6, 6.07) is 27.6. The summed E-state index contributed by atoms with van der Waals surface area (Å²) in [5, 5.41) is 0. The number of benzene rings is 4. The standard InChI is InChI=1S/C32H30/c1-19-15-25-21-11-7-9-13-27(21)31(3,4)29(25)17-23(19)24-18-30-26(16-20(24)2)22-12-8-10-14-28(22)32(30,5)6/h7-18H,1-6H3. The Labute approximate surface area is 192 Å². The Hall–Kier alpha value is -3.12. The second-order valence-corrected chi connectivity index (χ2v) is 10.8. The van der Waals surface area contributed by atoms with Gasteiger partial charge in [-0.2, -0.15) is 0 Å². The van der Waals surface area contributed by atoms with Gasteiger partial charge in [-0.05, 0) is 92.7 Å². The molecule has 0 nitrogen and oxygen atoms in total. The molecule has 0 fully saturated rings. The third-order valence-corrected chi connectivity index (χ3v) is 8.15. The fourth-order valence-electron chi connectivity index (χ4n) is 6.29. The molecule has 0 atom stereocenters. The highest BCUT2D eigenvalue weighted by Gasteiger charge is 2.37. The zero-order chi connectivity index (χ0) is 22.4. The summed E-state index contributed by atoms with van der Waals surface area (Å²) >= 11 is 0. The van der Waals surface area contributed by atoms with E-state index in [-0.39, 0.29) is 10.8 Å². The topological polar surface area (TPSA) is 0 Å². The van der Waals surface area contributed by atoms with Crippen molar-refractivity contribution in [1.29, 1.82) is 0 Å². The first kappa shape index (κ1) is 19.6. The number of hydrogen-bond acceptors (Lipinski definition) is 0. The van der Waals surface area contributed by atoms with Crippen LogP contribution in [0.4, 0.5) is 0 Å². The Balaban J connectivity index is 1.58. The van der Waals surface area contributed by atoms with Gasteiger partial charge in [-0.1, -0.05) is 88.4 Å². The molecule has 0 heterocycles. The molecule has 0 saturated carbocycles. The third-order valence-electron chi connectivity index (χ3n) is 8.15. The van der Waals surface area contributed by atoms with Gasteiger partial charge in [-0.25, -0.2) is 0 Å². The Morgan fingerprint density at radius 3 is 1.19 bits per heavy atom. The van der Waals surface area contributed by atoms with Crippen molar-refractivity contribution >= 4 is 0 Å². The Kier molecular flexibility index (Phi) is 3.81. The minimum absolute atomic E-state index is 0.0223. The molecular formula is C32H30. The molecule has 0 aliphatic heterocycles. The van der Waals surface area contributed by atoms with Gasteiger partial charge in [0.2, 0.25) is 0 Å². The van der Waals surface area contributed by atoms with Gasteiger partial charge in [0, 0.05) is 10.8 Å². The number of fused-ring (bicyclic) bond motifs is 6. The van der Waals surface area contributed by atoms with E-state index in [0.29, 0.717) is 0 Å². The van der Waals surface area contributed by atoms with E-state index in [1.165, 1.54) is 66.8 Å². The van der Waals surface area contributed by atoms with Crippen LogP contribution in [0.15, 0.2) is 72.8 Å². The Morgan fingerprint density at radius 2 is 0.781 bits per heavy atom. The normalized spacial score (nSPS) is 16.3. The molecule has 0 spiro atoms. The molecule has 0 unspecified atom stereocenters. The average Bonchev–Trinajstić information content (AvgIpc) is 3.12. The number of aryl methyl sites for hydroxylation is 2. The highest BCUT2D eigenvalue weighted by molar-refractivity contribution is 5.88. The predicted molar refractivity (Wildman–Crippen MR) is 136 cm³/mol. The monoisotopic (exact) mass is 414 g/mol. The van der Waals surface area contributed by atoms with E-state index in [1.807, 2.05) is 0 Å². The van der Waals surface area contributed by atoms with Crippen molar-refractivity contribution in [2.24, 2.45) is 0 Å². The molecule has 0 amide bonds. The van der Waals surface area contributed by atoms with Crippen LogP contribution in [-0.2, 0) is 10.8 Å². The van der Waals surface area contributed by atoms with Gasteiger partial charge >= 0.3 is 0 Å². The van der Waals surface area contributed by atoms with Crippen LogP contribution in [-0.4, -0.2) is 0 Å². The quantitative estimate of drug-likeness (QED) is 0.292. The fraction of sp³-hybridized carbons (Fsp3) is 0.250. The summed E-state index contributed by atoms with van der Waals surface area (Å²) in [6.45, 7) is 14.0. The molecule has 0 radical (unpaired) electrons. The molecule has 0 heteroatoms. The molecule has 0 saturated heterocycles. The largest absolute Gasteiger partial charge is 0.0619 e. The van der Waals surface area contributed by atoms with E-state index in [1.54, 1.807) is 0 Å².